The van der Waals surface area contributed by atoms with Crippen molar-refractivity contribution in [1.82, 2.24) is 0 Å². The van der Waals surface area contributed by atoms with E-state index in [1.54, 1.807) is 13.1 Å². The topological polar surface area (TPSA) is 65.0 Å². The molecule has 1 N–H and O–H groups in total. The number of hydrogen-bond donors (Lipinski definition) is 1. The van der Waals surface area contributed by atoms with Crippen LogP contribution in [-0.2, 0) is 17.8 Å². The zero-order valence-electron chi connectivity index (χ0n) is 15.6. The highest BCUT2D eigenvalue weighted by molar-refractivity contribution is 6.86. The van der Waals surface area contributed by atoms with Gasteiger partial charge in [-0.3, -0.25) is 0 Å². The fraction of sp³-hybridized carbons (Fsp3) is 0.800. The Balaban J connectivity index is 4.61. The second-order valence-corrected chi connectivity index (χ2v) is 18.4. The van der Waals surface area contributed by atoms with Crippen molar-refractivity contribution < 1.29 is 22.6 Å². The van der Waals surface area contributed by atoms with Crippen LogP contribution in [0.5, 0.6) is 0 Å². The Hall–Kier alpha value is -0.259. The van der Waals surface area contributed by atoms with Crippen LogP contribution in [0.25, 0.3) is 0 Å². The molecule has 23 heavy (non-hydrogen) atoms. The summed E-state index contributed by atoms with van der Waals surface area (Å²) >= 11 is 0. The smallest absolute Gasteiger partial charge is 0.330 e. The second kappa shape index (κ2) is 9.90. The number of ether oxygens (including phenoxy) is 1. The fourth-order valence-corrected chi connectivity index (χ4v) is 15.4. The number of carbonyl (C=O) groups excluding carboxylic acids is 1. The van der Waals surface area contributed by atoms with Gasteiger partial charge in [-0.05, 0) is 57.7 Å². The highest BCUT2D eigenvalue weighted by Gasteiger charge is 2.42. The zero-order chi connectivity index (χ0) is 18.1. The molecular weight excluding hydrogens is 344 g/mol. The lowest BCUT2D eigenvalue weighted by Crippen LogP contribution is -2.54. The quantitative estimate of drug-likeness (QED) is 0.241. The van der Waals surface area contributed by atoms with Crippen molar-refractivity contribution in [1.29, 1.82) is 0 Å². The van der Waals surface area contributed by atoms with Crippen LogP contribution < -0.4 is 0 Å². The van der Waals surface area contributed by atoms with E-state index in [9.17, 15) is 9.59 Å². The molecule has 0 aliphatic rings. The van der Waals surface area contributed by atoms with E-state index in [1.807, 2.05) is 0 Å². The molecular formula is C15H34O5Si3. The summed E-state index contributed by atoms with van der Waals surface area (Å²) in [5.41, 5.74) is 0. The third kappa shape index (κ3) is 11.8. The predicted octanol–water partition coefficient (Wildman–Crippen LogP) is 3.91. The minimum absolute atomic E-state index is 0.380. The number of hydrogen-bond acceptors (Lipinski definition) is 5. The predicted molar refractivity (Wildman–Crippen MR) is 101 cm³/mol. The van der Waals surface area contributed by atoms with E-state index < -0.39 is 31.4 Å². The lowest BCUT2D eigenvalue weighted by Gasteiger charge is -2.38. The highest BCUT2D eigenvalue weighted by Crippen LogP contribution is 2.27. The van der Waals surface area contributed by atoms with E-state index in [0.29, 0.717) is 6.61 Å². The molecule has 0 rings (SSSR count). The van der Waals surface area contributed by atoms with E-state index in [2.05, 4.69) is 33.1 Å². The van der Waals surface area contributed by atoms with E-state index in [-0.39, 0.29) is 0 Å². The van der Waals surface area contributed by atoms with E-state index in [0.717, 1.165) is 31.4 Å². The minimum atomic E-state index is -2.65. The van der Waals surface area contributed by atoms with Gasteiger partial charge in [-0.15, -0.1) is 0 Å². The van der Waals surface area contributed by atoms with Gasteiger partial charge in [0.15, 0.2) is 8.32 Å². The summed E-state index contributed by atoms with van der Waals surface area (Å²) in [7, 11) is -6.86. The van der Waals surface area contributed by atoms with E-state index in [1.165, 1.54) is 6.08 Å². The molecule has 5 nitrogen and oxygen atoms in total. The second-order valence-electron chi connectivity index (χ2n) is 7.12. The van der Waals surface area contributed by atoms with Gasteiger partial charge in [0.25, 0.3) is 0 Å². The molecule has 8 heteroatoms. The van der Waals surface area contributed by atoms with Gasteiger partial charge in [-0.2, -0.15) is 0 Å². The molecule has 0 fully saturated rings. The van der Waals surface area contributed by atoms with Gasteiger partial charge in [0.05, 0.1) is 6.61 Å². The normalized spacial score (nSPS) is 15.1. The van der Waals surface area contributed by atoms with Crippen LogP contribution in [0.3, 0.4) is 0 Å². The molecule has 0 aliphatic carbocycles. The van der Waals surface area contributed by atoms with Gasteiger partial charge in [-0.25, -0.2) is 4.79 Å². The molecule has 1 unspecified atom stereocenters. The van der Waals surface area contributed by atoms with Crippen LogP contribution in [0.2, 0.25) is 44.8 Å². The van der Waals surface area contributed by atoms with Crippen LogP contribution >= 0.6 is 0 Å². The summed E-state index contributed by atoms with van der Waals surface area (Å²) in [5, 5.41) is 0. The van der Waals surface area contributed by atoms with Gasteiger partial charge in [0, 0.05) is 6.08 Å². The maximum Gasteiger partial charge on any atom is 0.330 e. The lowest BCUT2D eigenvalue weighted by atomic mass is 10.4. The molecule has 0 aliphatic heterocycles. The van der Waals surface area contributed by atoms with Crippen molar-refractivity contribution in [2.24, 2.45) is 0 Å². The summed E-state index contributed by atoms with van der Waals surface area (Å²) in [6.45, 7) is 15.9. The molecule has 0 aromatic heterocycles. The fourth-order valence-electron chi connectivity index (χ4n) is 2.67. The van der Waals surface area contributed by atoms with Crippen molar-refractivity contribution in [2.75, 3.05) is 6.61 Å². The van der Waals surface area contributed by atoms with Crippen molar-refractivity contribution in [3.63, 3.8) is 0 Å². The van der Waals surface area contributed by atoms with Crippen LogP contribution in [0.1, 0.15) is 26.2 Å². The average Bonchev–Trinajstić information content (AvgIpc) is 2.34. The van der Waals surface area contributed by atoms with E-state index >= 15 is 0 Å². The summed E-state index contributed by atoms with van der Waals surface area (Å²) in [5.74, 6) is -0.391. The molecule has 0 amide bonds. The van der Waals surface area contributed by atoms with Crippen molar-refractivity contribution in [3.8, 4) is 0 Å². The number of esters is 1. The van der Waals surface area contributed by atoms with Gasteiger partial charge in [0.2, 0.25) is 0 Å². The van der Waals surface area contributed by atoms with Gasteiger partial charge < -0.3 is 17.8 Å². The molecule has 0 heterocycles. The largest absolute Gasteiger partial charge is 0.463 e. The molecule has 136 valence electrons. The number of carbonyl (C=O) groups is 1. The number of rotatable bonds is 12. The first-order chi connectivity index (χ1) is 10.4. The molecule has 0 saturated carbocycles. The third-order valence-electron chi connectivity index (χ3n) is 3.25. The molecule has 0 radical (unpaired) electrons. The minimum Gasteiger partial charge on any atom is -0.463 e. The maximum atomic E-state index is 11.0. The van der Waals surface area contributed by atoms with Crippen LogP contribution in [0.15, 0.2) is 12.7 Å². The summed E-state index contributed by atoms with van der Waals surface area (Å²) in [4.78, 5) is 21.2. The molecule has 0 spiro atoms. The maximum absolute atomic E-state index is 11.0. The Morgan fingerprint density at radius 2 is 1.70 bits per heavy atom. The average molecular weight is 379 g/mol. The van der Waals surface area contributed by atoms with Crippen LogP contribution in [-0.4, -0.2) is 42.8 Å². The van der Waals surface area contributed by atoms with Gasteiger partial charge >= 0.3 is 23.1 Å². The van der Waals surface area contributed by atoms with Crippen molar-refractivity contribution in [2.45, 2.75) is 71.0 Å². The Morgan fingerprint density at radius 1 is 1.09 bits per heavy atom. The summed E-state index contributed by atoms with van der Waals surface area (Å²) < 4.78 is 17.6. The molecule has 0 saturated heterocycles. The Kier molecular flexibility index (Phi) is 9.79. The first-order valence-electron chi connectivity index (χ1n) is 8.35. The first-order valence-corrected chi connectivity index (χ1v) is 16.8. The Labute approximate surface area is 144 Å². The number of unbranched alkanes of at least 4 members (excludes halogenated alkanes) is 1. The van der Waals surface area contributed by atoms with Crippen LogP contribution in [0.4, 0.5) is 0 Å². The molecule has 0 aromatic carbocycles. The molecule has 1 atom stereocenters. The zero-order valence-corrected chi connectivity index (χ0v) is 18.6. The lowest BCUT2D eigenvalue weighted by molar-refractivity contribution is -0.137. The highest BCUT2D eigenvalue weighted by atomic mass is 28.5. The Morgan fingerprint density at radius 3 is 2.17 bits per heavy atom. The first kappa shape index (κ1) is 22.7. The third-order valence-corrected chi connectivity index (χ3v) is 13.9. The monoisotopic (exact) mass is 378 g/mol. The standard InChI is InChI=1S/C15H34O5Si3/c1-8-13-21(3,4)19-23(7,20-22(5,6)17)14-11-10-12-18-15(16)9-2/h9,17H,2,8,10-14H2,1,3-7H3. The van der Waals surface area contributed by atoms with Gasteiger partial charge in [0.1, 0.15) is 0 Å². The van der Waals surface area contributed by atoms with Gasteiger partial charge in [-0.1, -0.05) is 19.9 Å². The molecule has 0 aromatic rings. The van der Waals surface area contributed by atoms with Crippen LogP contribution in [0, 0.1) is 0 Å². The molecule has 0 bridgehead atoms. The summed E-state index contributed by atoms with van der Waals surface area (Å²) in [6, 6.07) is 1.89. The van der Waals surface area contributed by atoms with Crippen molar-refractivity contribution in [3.05, 3.63) is 12.7 Å². The SMILES string of the molecule is C=CC(=O)OCCCC[Si](C)(O[Si](C)(C)O)O[Si](C)(C)CCC. The summed E-state index contributed by atoms with van der Waals surface area (Å²) in [6.07, 6.45) is 3.89. The van der Waals surface area contributed by atoms with E-state index in [4.69, 9.17) is 13.0 Å². The Bertz CT molecular complexity index is 382. The van der Waals surface area contributed by atoms with Crippen molar-refractivity contribution >= 4 is 31.4 Å².